The van der Waals surface area contributed by atoms with Crippen LogP contribution in [0.25, 0.3) is 0 Å². The van der Waals surface area contributed by atoms with Crippen LogP contribution in [0, 0.1) is 17.8 Å². The van der Waals surface area contributed by atoms with Crippen LogP contribution in [0.3, 0.4) is 0 Å². The molecule has 3 aliphatic rings. The van der Waals surface area contributed by atoms with E-state index in [0.717, 1.165) is 12.8 Å². The second-order valence-electron chi connectivity index (χ2n) is 10.7. The first-order valence-electron chi connectivity index (χ1n) is 13.9. The molecule has 212 valence electrons. The lowest BCUT2D eigenvalue weighted by molar-refractivity contribution is -0.144. The van der Waals surface area contributed by atoms with Gasteiger partial charge in [-0.15, -0.1) is 24.9 Å². The molecule has 0 aliphatic carbocycles. The zero-order valence-electron chi connectivity index (χ0n) is 23.3. The Labute approximate surface area is 236 Å². The van der Waals surface area contributed by atoms with E-state index in [9.17, 15) is 19.5 Å². The summed E-state index contributed by atoms with van der Waals surface area (Å²) in [6.07, 6.45) is 5.36. The van der Waals surface area contributed by atoms with Crippen LogP contribution >= 0.6 is 11.8 Å². The lowest BCUT2D eigenvalue weighted by Gasteiger charge is -2.41. The van der Waals surface area contributed by atoms with Gasteiger partial charge in [0.05, 0.1) is 23.7 Å². The average molecular weight is 556 g/mol. The van der Waals surface area contributed by atoms with E-state index in [1.807, 2.05) is 19.1 Å². The number of hydrogen-bond donors (Lipinski definition) is 1. The van der Waals surface area contributed by atoms with Gasteiger partial charge in [0, 0.05) is 43.7 Å². The molecule has 3 heterocycles. The summed E-state index contributed by atoms with van der Waals surface area (Å²) >= 11 is 1.67. The van der Waals surface area contributed by atoms with Crippen LogP contribution in [0.4, 0.5) is 5.69 Å². The quantitative estimate of drug-likeness (QED) is 0.376. The van der Waals surface area contributed by atoms with Crippen LogP contribution in [0.1, 0.15) is 33.1 Å². The number of anilines is 1. The zero-order valence-corrected chi connectivity index (χ0v) is 24.1. The van der Waals surface area contributed by atoms with Crippen molar-refractivity contribution in [3.8, 4) is 5.75 Å². The molecule has 2 bridgehead atoms. The van der Waals surface area contributed by atoms with E-state index in [1.54, 1.807) is 57.9 Å². The Hall–Kier alpha value is -2.78. The summed E-state index contributed by atoms with van der Waals surface area (Å²) < 4.78 is 4.58. The number of benzene rings is 1. The fourth-order valence-electron chi connectivity index (χ4n) is 6.85. The van der Waals surface area contributed by atoms with E-state index >= 15 is 0 Å². The molecule has 1 aromatic carbocycles. The summed E-state index contributed by atoms with van der Waals surface area (Å²) in [6, 6.07) is 6.52. The molecule has 0 aromatic heterocycles. The Morgan fingerprint density at radius 3 is 2.49 bits per heavy atom. The number of hydrogen-bond acceptors (Lipinski definition) is 6. The third kappa shape index (κ3) is 4.88. The van der Waals surface area contributed by atoms with Gasteiger partial charge in [0.2, 0.25) is 11.8 Å². The molecule has 3 unspecified atom stereocenters. The topological polar surface area (TPSA) is 90.4 Å². The monoisotopic (exact) mass is 555 g/mol. The second kappa shape index (κ2) is 12.2. The highest BCUT2D eigenvalue weighted by Crippen LogP contribution is 2.69. The molecule has 6 atom stereocenters. The van der Waals surface area contributed by atoms with Crippen LogP contribution in [-0.2, 0) is 14.4 Å². The number of aliphatic hydroxyl groups excluding tert-OH is 1. The number of carbonyl (C=O) groups excluding carboxylic acids is 3. The molecule has 0 radical (unpaired) electrons. The minimum atomic E-state index is -0.745. The van der Waals surface area contributed by atoms with Gasteiger partial charge in [0.15, 0.2) is 0 Å². The van der Waals surface area contributed by atoms with Gasteiger partial charge in [0.1, 0.15) is 11.8 Å². The second-order valence-corrected chi connectivity index (χ2v) is 12.2. The Kier molecular flexibility index (Phi) is 9.11. The van der Waals surface area contributed by atoms with Crippen molar-refractivity contribution < 1.29 is 24.2 Å². The minimum Gasteiger partial charge on any atom is -0.497 e. The maximum atomic E-state index is 14.6. The smallest absolute Gasteiger partial charge is 0.251 e. The third-order valence-corrected chi connectivity index (χ3v) is 10.5. The summed E-state index contributed by atoms with van der Waals surface area (Å²) in [5, 5.41) is 9.62. The van der Waals surface area contributed by atoms with Crippen molar-refractivity contribution in [3.63, 3.8) is 0 Å². The predicted octanol–water partition coefficient (Wildman–Crippen LogP) is 3.36. The highest BCUT2D eigenvalue weighted by atomic mass is 32.2. The largest absolute Gasteiger partial charge is 0.497 e. The predicted molar refractivity (Wildman–Crippen MR) is 155 cm³/mol. The van der Waals surface area contributed by atoms with Crippen molar-refractivity contribution in [2.24, 2.45) is 17.8 Å². The van der Waals surface area contributed by atoms with Gasteiger partial charge in [-0.2, -0.15) is 0 Å². The summed E-state index contributed by atoms with van der Waals surface area (Å²) in [4.78, 5) is 47.9. The first-order valence-corrected chi connectivity index (χ1v) is 14.7. The molecule has 9 heteroatoms. The molecular weight excluding hydrogens is 514 g/mol. The van der Waals surface area contributed by atoms with Crippen LogP contribution in [-0.4, -0.2) is 88.6 Å². The number of ether oxygens (including phenoxy) is 1. The Morgan fingerprint density at radius 1 is 1.21 bits per heavy atom. The molecule has 3 aliphatic heterocycles. The summed E-state index contributed by atoms with van der Waals surface area (Å²) in [5.74, 6) is -0.659. The van der Waals surface area contributed by atoms with Crippen molar-refractivity contribution in [1.29, 1.82) is 0 Å². The van der Waals surface area contributed by atoms with Gasteiger partial charge in [0.25, 0.3) is 5.91 Å². The Morgan fingerprint density at radius 2 is 1.90 bits per heavy atom. The lowest BCUT2D eigenvalue weighted by Crippen LogP contribution is -2.57. The molecular formula is C30H41N3O5S. The van der Waals surface area contributed by atoms with Crippen molar-refractivity contribution in [2.75, 3.05) is 44.8 Å². The highest BCUT2D eigenvalue weighted by molar-refractivity contribution is 8.02. The maximum absolute atomic E-state index is 14.6. The number of thioether (sulfide) groups is 1. The number of methoxy groups -OCH3 is 1. The molecule has 39 heavy (non-hydrogen) atoms. The average Bonchev–Trinajstić information content (AvgIpc) is 3.53. The van der Waals surface area contributed by atoms with Crippen molar-refractivity contribution in [3.05, 3.63) is 49.6 Å². The van der Waals surface area contributed by atoms with E-state index in [0.29, 0.717) is 30.9 Å². The fraction of sp³-hybridized carbons (Fsp3) is 0.567. The fourth-order valence-corrected chi connectivity index (χ4v) is 9.26. The van der Waals surface area contributed by atoms with Crippen LogP contribution < -0.4 is 9.64 Å². The molecule has 3 fully saturated rings. The maximum Gasteiger partial charge on any atom is 0.251 e. The summed E-state index contributed by atoms with van der Waals surface area (Å²) in [5.41, 5.74) is 0.688. The van der Waals surface area contributed by atoms with Crippen LogP contribution in [0.5, 0.6) is 5.75 Å². The molecule has 3 amide bonds. The Bertz CT molecular complexity index is 1090. The van der Waals surface area contributed by atoms with Crippen LogP contribution in [0.2, 0.25) is 0 Å². The van der Waals surface area contributed by atoms with Crippen molar-refractivity contribution in [1.82, 2.24) is 9.80 Å². The highest BCUT2D eigenvalue weighted by Gasteiger charge is 2.76. The van der Waals surface area contributed by atoms with Gasteiger partial charge >= 0.3 is 0 Å². The van der Waals surface area contributed by atoms with E-state index in [-0.39, 0.29) is 48.6 Å². The normalized spacial score (nSPS) is 28.8. The van der Waals surface area contributed by atoms with E-state index < -0.39 is 22.6 Å². The SMILES string of the molecule is C=CCN(CCC)C(=O)[C@@H]1[C@@H]2CC(C)C3(S2)C(C(=O)N(CC=C)c2ccc(OC)cc2)N(CCCO)C(=O)[C@H]13. The van der Waals surface area contributed by atoms with Gasteiger partial charge in [-0.25, -0.2) is 0 Å². The van der Waals surface area contributed by atoms with Gasteiger partial charge in [-0.3, -0.25) is 14.4 Å². The molecule has 4 rings (SSSR count). The first-order chi connectivity index (χ1) is 18.8. The standard InChI is InChI=1S/C30H41N3O5S/c1-6-14-31(15-7-2)27(35)24-23-19-20(4)30(39-23)25(24)28(36)33(17-9-18-34)26(30)29(37)32(16-8-3)21-10-12-22(38-5)13-11-21/h6,8,10-13,20,23-26,34H,1,3,7,9,14-19H2,2,4-5H3/t20?,23-,24+,25-,26?,30?/m0/s1. The lowest BCUT2D eigenvalue weighted by atomic mass is 9.65. The van der Waals surface area contributed by atoms with Gasteiger partial charge in [-0.05, 0) is 49.4 Å². The molecule has 1 aromatic rings. The summed E-state index contributed by atoms with van der Waals surface area (Å²) in [7, 11) is 1.59. The van der Waals surface area contributed by atoms with Crippen LogP contribution in [0.15, 0.2) is 49.6 Å². The number of rotatable bonds is 13. The van der Waals surface area contributed by atoms with E-state index in [4.69, 9.17) is 4.74 Å². The Balaban J connectivity index is 1.78. The first kappa shape index (κ1) is 29.2. The van der Waals surface area contributed by atoms with Crippen molar-refractivity contribution in [2.45, 2.75) is 49.1 Å². The molecule has 8 nitrogen and oxygen atoms in total. The van der Waals surface area contributed by atoms with Gasteiger partial charge < -0.3 is 24.5 Å². The third-order valence-electron chi connectivity index (χ3n) is 8.44. The molecule has 1 spiro atoms. The number of likely N-dealkylation sites (tertiary alicyclic amines) is 1. The molecule has 0 saturated carbocycles. The van der Waals surface area contributed by atoms with E-state index in [1.165, 1.54) is 0 Å². The molecule has 3 saturated heterocycles. The number of fused-ring (bicyclic) bond motifs is 1. The zero-order chi connectivity index (χ0) is 28.3. The van der Waals surface area contributed by atoms with E-state index in [2.05, 4.69) is 20.1 Å². The number of aliphatic hydroxyl groups is 1. The minimum absolute atomic E-state index is 0.0187. The number of nitrogens with zero attached hydrogens (tertiary/aromatic N) is 3. The number of amides is 3. The number of carbonyl (C=O) groups is 3. The summed E-state index contributed by atoms with van der Waals surface area (Å²) in [6.45, 7) is 13.3. The van der Waals surface area contributed by atoms with Gasteiger partial charge in [-0.1, -0.05) is 26.0 Å². The molecule has 1 N–H and O–H groups in total. The van der Waals surface area contributed by atoms with Crippen molar-refractivity contribution >= 4 is 35.2 Å².